The smallest absolute Gasteiger partial charge is 0.216 e. The van der Waals surface area contributed by atoms with Crippen molar-refractivity contribution >= 4 is 23.6 Å². The van der Waals surface area contributed by atoms with Crippen LogP contribution in [0.15, 0.2) is 30.3 Å². The normalized spacial score (nSPS) is 15.5. The van der Waals surface area contributed by atoms with Crippen LogP contribution in [-0.2, 0) is 16.3 Å². The minimum absolute atomic E-state index is 0.447. The van der Waals surface area contributed by atoms with E-state index >= 15 is 0 Å². The second-order valence-corrected chi connectivity index (χ2v) is 5.57. The molecule has 1 aromatic rings. The maximum Gasteiger partial charge on any atom is 0.216 e. The average Bonchev–Trinajstić information content (AvgIpc) is 2.06. The lowest BCUT2D eigenvalue weighted by molar-refractivity contribution is 0.335. The summed E-state index contributed by atoms with van der Waals surface area (Å²) in [6, 6.07) is 9.13. The average molecular weight is 202 g/mol. The van der Waals surface area contributed by atoms with E-state index in [4.69, 9.17) is 16.3 Å². The van der Waals surface area contributed by atoms with Crippen molar-refractivity contribution < 1.29 is 9.42 Å². The van der Waals surface area contributed by atoms with Crippen molar-refractivity contribution in [1.82, 2.24) is 0 Å². The lowest BCUT2D eigenvalue weighted by Gasteiger charge is -2.13. The molecule has 0 spiro atoms. The van der Waals surface area contributed by atoms with Gasteiger partial charge in [-0.15, -0.1) is 0 Å². The Labute approximate surface area is 77.4 Å². The summed E-state index contributed by atoms with van der Waals surface area (Å²) in [5, 5.41) is 0.710. The van der Waals surface area contributed by atoms with Gasteiger partial charge in [-0.1, -0.05) is 18.2 Å². The zero-order valence-corrected chi connectivity index (χ0v) is 8.52. The Hall–Kier alpha value is -0.210. The molecule has 12 heavy (non-hydrogen) atoms. The van der Waals surface area contributed by atoms with Crippen LogP contribution in [-0.4, -0.2) is 11.5 Å². The van der Waals surface area contributed by atoms with Crippen LogP contribution in [0.1, 0.15) is 6.92 Å². The van der Waals surface area contributed by atoms with Gasteiger partial charge in [-0.2, -0.15) is 0 Å². The molecule has 0 amide bonds. The van der Waals surface area contributed by atoms with Gasteiger partial charge in [0.15, 0.2) is 0 Å². The van der Waals surface area contributed by atoms with Crippen LogP contribution >= 0.6 is 6.49 Å². The topological polar surface area (TPSA) is 29.5 Å². The van der Waals surface area contributed by atoms with Gasteiger partial charge in [0.25, 0.3) is 0 Å². The molecule has 0 radical (unpaired) electrons. The molecule has 0 saturated heterocycles. The maximum absolute atomic E-state index is 9.69. The molecule has 1 unspecified atom stereocenters. The van der Waals surface area contributed by atoms with E-state index in [9.17, 15) is 4.89 Å². The van der Waals surface area contributed by atoms with E-state index in [2.05, 4.69) is 0 Å². The van der Waals surface area contributed by atoms with Crippen LogP contribution in [0.25, 0.3) is 0 Å². The van der Waals surface area contributed by atoms with Crippen LogP contribution in [0.5, 0.6) is 0 Å². The summed E-state index contributed by atoms with van der Waals surface area (Å²) >= 11 is 4.95. The standard InChI is InChI=1S/C8H11O2PS/c1-2-10-11(9,12)8-6-4-3-5-7-8/h3-7H,2H2,1H3,(H,9,12). The fourth-order valence-corrected chi connectivity index (χ4v) is 2.60. The van der Waals surface area contributed by atoms with Gasteiger partial charge in [0, 0.05) is 5.30 Å². The molecule has 4 heteroatoms. The van der Waals surface area contributed by atoms with E-state index < -0.39 is 6.49 Å². The Balaban J connectivity index is 2.90. The molecule has 1 atom stereocenters. The van der Waals surface area contributed by atoms with E-state index in [1.54, 1.807) is 12.1 Å². The lowest BCUT2D eigenvalue weighted by atomic mass is 10.4. The highest BCUT2D eigenvalue weighted by Gasteiger charge is 2.14. The van der Waals surface area contributed by atoms with Crippen LogP contribution in [0, 0.1) is 0 Å². The maximum atomic E-state index is 9.69. The van der Waals surface area contributed by atoms with Crippen molar-refractivity contribution in [2.24, 2.45) is 0 Å². The third-order valence-corrected chi connectivity index (χ3v) is 3.89. The van der Waals surface area contributed by atoms with Crippen molar-refractivity contribution in [3.05, 3.63) is 30.3 Å². The highest BCUT2D eigenvalue weighted by Crippen LogP contribution is 2.40. The SMILES string of the molecule is CCOP(O)(=S)c1ccccc1. The van der Waals surface area contributed by atoms with Gasteiger partial charge in [-0.05, 0) is 30.9 Å². The van der Waals surface area contributed by atoms with Gasteiger partial charge in [0.2, 0.25) is 6.49 Å². The fourth-order valence-electron chi connectivity index (χ4n) is 0.866. The summed E-state index contributed by atoms with van der Waals surface area (Å²) in [7, 11) is 0. The van der Waals surface area contributed by atoms with Gasteiger partial charge in [0.05, 0.1) is 6.61 Å². The predicted octanol–water partition coefficient (Wildman–Crippen LogP) is 1.65. The minimum Gasteiger partial charge on any atom is -0.342 e. The summed E-state index contributed by atoms with van der Waals surface area (Å²) in [4.78, 5) is 9.69. The molecule has 66 valence electrons. The van der Waals surface area contributed by atoms with Gasteiger partial charge < -0.3 is 9.42 Å². The number of benzene rings is 1. The molecular formula is C8H11O2PS. The van der Waals surface area contributed by atoms with E-state index in [1.165, 1.54) is 0 Å². The highest BCUT2D eigenvalue weighted by molar-refractivity contribution is 8.13. The molecular weight excluding hydrogens is 191 g/mol. The number of hydrogen-bond acceptors (Lipinski definition) is 2. The summed E-state index contributed by atoms with van der Waals surface area (Å²) in [5.41, 5.74) is 0. The monoisotopic (exact) mass is 202 g/mol. The fraction of sp³-hybridized carbons (Fsp3) is 0.250. The molecule has 1 aromatic carbocycles. The van der Waals surface area contributed by atoms with Crippen molar-refractivity contribution in [2.45, 2.75) is 6.92 Å². The van der Waals surface area contributed by atoms with Crippen LogP contribution in [0.2, 0.25) is 0 Å². The highest BCUT2D eigenvalue weighted by atomic mass is 32.5. The van der Waals surface area contributed by atoms with Crippen molar-refractivity contribution in [2.75, 3.05) is 6.61 Å². The summed E-state index contributed by atoms with van der Waals surface area (Å²) in [6.07, 6.45) is 0. The number of rotatable bonds is 3. The molecule has 2 nitrogen and oxygen atoms in total. The largest absolute Gasteiger partial charge is 0.342 e. The Morgan fingerprint density at radius 2 is 2.00 bits per heavy atom. The van der Waals surface area contributed by atoms with Crippen LogP contribution in [0.3, 0.4) is 0 Å². The Bertz CT molecular complexity index is 286. The van der Waals surface area contributed by atoms with Crippen LogP contribution in [0.4, 0.5) is 0 Å². The van der Waals surface area contributed by atoms with Gasteiger partial charge in [-0.3, -0.25) is 0 Å². The zero-order valence-electron chi connectivity index (χ0n) is 6.80. The first-order chi connectivity index (χ1) is 5.67. The quantitative estimate of drug-likeness (QED) is 0.756. The van der Waals surface area contributed by atoms with Gasteiger partial charge >= 0.3 is 0 Å². The third kappa shape index (κ3) is 2.39. The molecule has 0 aromatic heterocycles. The molecule has 0 fully saturated rings. The summed E-state index contributed by atoms with van der Waals surface area (Å²) in [5.74, 6) is 0. The first kappa shape index (κ1) is 9.87. The zero-order chi connectivity index (χ0) is 9.03. The van der Waals surface area contributed by atoms with E-state index in [0.29, 0.717) is 11.9 Å². The number of hydrogen-bond donors (Lipinski definition) is 1. The molecule has 0 saturated carbocycles. The molecule has 0 aliphatic carbocycles. The summed E-state index contributed by atoms with van der Waals surface area (Å²) in [6.45, 7) is -0.445. The van der Waals surface area contributed by atoms with Crippen LogP contribution < -0.4 is 5.30 Å². The second kappa shape index (κ2) is 4.15. The molecule has 1 N–H and O–H groups in total. The summed E-state index contributed by atoms with van der Waals surface area (Å²) < 4.78 is 5.10. The third-order valence-electron chi connectivity index (χ3n) is 1.39. The Morgan fingerprint density at radius 3 is 2.50 bits per heavy atom. The van der Waals surface area contributed by atoms with Crippen molar-refractivity contribution in [3.8, 4) is 0 Å². The van der Waals surface area contributed by atoms with E-state index in [0.717, 1.165) is 0 Å². The second-order valence-electron chi connectivity index (χ2n) is 2.27. The molecule has 0 aliphatic rings. The van der Waals surface area contributed by atoms with E-state index in [1.807, 2.05) is 25.1 Å². The predicted molar refractivity (Wildman–Crippen MR) is 54.2 cm³/mol. The van der Waals surface area contributed by atoms with Crippen molar-refractivity contribution in [3.63, 3.8) is 0 Å². The van der Waals surface area contributed by atoms with E-state index in [-0.39, 0.29) is 0 Å². The molecule has 1 rings (SSSR count). The Kier molecular flexibility index (Phi) is 3.41. The lowest BCUT2D eigenvalue weighted by Crippen LogP contribution is -2.05. The first-order valence-corrected chi connectivity index (χ1v) is 6.37. The van der Waals surface area contributed by atoms with Gasteiger partial charge in [-0.25, -0.2) is 0 Å². The van der Waals surface area contributed by atoms with Crippen molar-refractivity contribution in [1.29, 1.82) is 0 Å². The molecule has 0 bridgehead atoms. The molecule has 0 heterocycles. The molecule has 0 aliphatic heterocycles. The minimum atomic E-state index is -2.71. The van der Waals surface area contributed by atoms with Gasteiger partial charge in [0.1, 0.15) is 0 Å². The Morgan fingerprint density at radius 1 is 1.42 bits per heavy atom. The first-order valence-electron chi connectivity index (χ1n) is 3.70.